The Kier molecular flexibility index (Phi) is 6.73. The largest absolute Gasteiger partial charge is 0.444 e. The number of benzene rings is 1. The number of hydrogen-bond donors (Lipinski definition) is 2. The fourth-order valence-electron chi connectivity index (χ4n) is 3.17. The van der Waals surface area contributed by atoms with Gasteiger partial charge in [-0.15, -0.1) is 0 Å². The Hall–Kier alpha value is -2.24. The molecule has 1 atom stereocenters. The van der Waals surface area contributed by atoms with Gasteiger partial charge in [0.05, 0.1) is 6.04 Å². The Morgan fingerprint density at radius 2 is 1.89 bits per heavy atom. The minimum absolute atomic E-state index is 0.00884. The summed E-state index contributed by atoms with van der Waals surface area (Å²) in [4.78, 5) is 18.6. The van der Waals surface area contributed by atoms with Gasteiger partial charge in [-0.3, -0.25) is 4.99 Å². The van der Waals surface area contributed by atoms with Crippen molar-refractivity contribution in [3.8, 4) is 0 Å². The summed E-state index contributed by atoms with van der Waals surface area (Å²) in [7, 11) is 1.80. The van der Waals surface area contributed by atoms with Gasteiger partial charge in [0.2, 0.25) is 0 Å². The molecule has 1 aliphatic heterocycles. The number of alkyl carbamates (subject to hydrolysis) is 1. The molecule has 27 heavy (non-hydrogen) atoms. The second-order valence-corrected chi connectivity index (χ2v) is 8.73. The van der Waals surface area contributed by atoms with Gasteiger partial charge in [0.25, 0.3) is 0 Å². The number of amides is 1. The first kappa shape index (κ1) is 21.1. The van der Waals surface area contributed by atoms with Crippen molar-refractivity contribution in [1.82, 2.24) is 15.5 Å². The summed E-state index contributed by atoms with van der Waals surface area (Å²) in [6, 6.07) is 10.6. The van der Waals surface area contributed by atoms with E-state index in [9.17, 15) is 4.79 Å². The second kappa shape index (κ2) is 8.63. The minimum atomic E-state index is -0.483. The molecule has 1 amide bonds. The van der Waals surface area contributed by atoms with Crippen molar-refractivity contribution in [2.45, 2.75) is 58.1 Å². The van der Waals surface area contributed by atoms with Crippen LogP contribution in [0.5, 0.6) is 0 Å². The maximum Gasteiger partial charge on any atom is 0.407 e. The Labute approximate surface area is 163 Å². The highest BCUT2D eigenvalue weighted by Crippen LogP contribution is 2.22. The van der Waals surface area contributed by atoms with E-state index in [0.29, 0.717) is 0 Å². The number of carbonyl (C=O) groups is 1. The summed E-state index contributed by atoms with van der Waals surface area (Å²) in [6.45, 7) is 12.4. The van der Waals surface area contributed by atoms with Gasteiger partial charge in [0, 0.05) is 32.1 Å². The van der Waals surface area contributed by atoms with E-state index in [1.165, 1.54) is 5.56 Å². The Balaban J connectivity index is 1.87. The van der Waals surface area contributed by atoms with Crippen molar-refractivity contribution >= 4 is 12.1 Å². The number of hydrogen-bond acceptors (Lipinski definition) is 3. The second-order valence-electron chi connectivity index (χ2n) is 8.73. The Morgan fingerprint density at radius 1 is 1.22 bits per heavy atom. The van der Waals surface area contributed by atoms with Crippen LogP contribution >= 0.6 is 0 Å². The number of nitrogens with one attached hydrogen (secondary N) is 2. The fourth-order valence-corrected chi connectivity index (χ4v) is 3.17. The highest BCUT2D eigenvalue weighted by atomic mass is 16.6. The summed E-state index contributed by atoms with van der Waals surface area (Å²) < 4.78 is 5.35. The predicted molar refractivity (Wildman–Crippen MR) is 110 cm³/mol. The van der Waals surface area contributed by atoms with E-state index in [4.69, 9.17) is 4.74 Å². The maximum absolute atomic E-state index is 12.0. The first-order chi connectivity index (χ1) is 12.6. The third-order valence-corrected chi connectivity index (χ3v) is 4.66. The molecule has 6 heteroatoms. The van der Waals surface area contributed by atoms with Crippen LogP contribution in [0.2, 0.25) is 0 Å². The van der Waals surface area contributed by atoms with Crippen LogP contribution in [0, 0.1) is 0 Å². The molecule has 0 saturated carbocycles. The van der Waals surface area contributed by atoms with E-state index in [2.05, 4.69) is 58.6 Å². The molecule has 1 heterocycles. The van der Waals surface area contributed by atoms with Crippen LogP contribution in [0.4, 0.5) is 4.79 Å². The van der Waals surface area contributed by atoms with Crippen LogP contribution in [-0.4, -0.2) is 55.3 Å². The van der Waals surface area contributed by atoms with Crippen LogP contribution in [0.15, 0.2) is 35.3 Å². The molecule has 0 aromatic heterocycles. The van der Waals surface area contributed by atoms with E-state index in [-0.39, 0.29) is 17.6 Å². The van der Waals surface area contributed by atoms with Gasteiger partial charge in [0.15, 0.2) is 5.96 Å². The number of guanidine groups is 1. The zero-order valence-corrected chi connectivity index (χ0v) is 17.5. The van der Waals surface area contributed by atoms with Crippen LogP contribution in [0.1, 0.15) is 46.6 Å². The highest BCUT2D eigenvalue weighted by molar-refractivity contribution is 5.80. The van der Waals surface area contributed by atoms with Crippen molar-refractivity contribution < 1.29 is 9.53 Å². The molecule has 1 aromatic rings. The molecule has 0 radical (unpaired) electrons. The molecule has 2 rings (SSSR count). The third-order valence-electron chi connectivity index (χ3n) is 4.66. The van der Waals surface area contributed by atoms with Crippen molar-refractivity contribution in [3.05, 3.63) is 35.9 Å². The molecule has 1 aliphatic rings. The molecule has 0 aliphatic carbocycles. The first-order valence-electron chi connectivity index (χ1n) is 9.61. The lowest BCUT2D eigenvalue weighted by molar-refractivity contribution is 0.0507. The molecule has 1 fully saturated rings. The molecular weight excluding hydrogens is 340 g/mol. The van der Waals surface area contributed by atoms with Crippen LogP contribution in [0.3, 0.4) is 0 Å². The number of likely N-dealkylation sites (tertiary alicyclic amines) is 1. The topological polar surface area (TPSA) is 66.0 Å². The van der Waals surface area contributed by atoms with Crippen molar-refractivity contribution in [3.63, 3.8) is 0 Å². The smallest absolute Gasteiger partial charge is 0.407 e. The van der Waals surface area contributed by atoms with Crippen molar-refractivity contribution in [2.24, 2.45) is 4.99 Å². The molecule has 1 unspecified atom stereocenters. The van der Waals surface area contributed by atoms with Gasteiger partial charge in [-0.1, -0.05) is 44.2 Å². The zero-order valence-electron chi connectivity index (χ0n) is 17.5. The normalized spacial score (nSPS) is 18.4. The van der Waals surface area contributed by atoms with Gasteiger partial charge >= 0.3 is 6.09 Å². The molecule has 1 aromatic carbocycles. The average molecular weight is 375 g/mol. The van der Waals surface area contributed by atoms with Gasteiger partial charge in [-0.2, -0.15) is 0 Å². The van der Waals surface area contributed by atoms with Gasteiger partial charge in [-0.05, 0) is 32.8 Å². The molecule has 0 spiro atoms. The summed E-state index contributed by atoms with van der Waals surface area (Å²) in [5.41, 5.74) is 0.799. The van der Waals surface area contributed by atoms with E-state index >= 15 is 0 Å². The Bertz CT molecular complexity index is 650. The van der Waals surface area contributed by atoms with Gasteiger partial charge < -0.3 is 20.3 Å². The van der Waals surface area contributed by atoms with E-state index in [0.717, 1.165) is 32.0 Å². The summed E-state index contributed by atoms with van der Waals surface area (Å²) in [5, 5.41) is 6.45. The number of rotatable bonds is 4. The summed E-state index contributed by atoms with van der Waals surface area (Å²) in [5.74, 6) is 0.868. The number of aliphatic imine (C=N–C) groups is 1. The predicted octanol–water partition coefficient (Wildman–Crippen LogP) is 3.14. The van der Waals surface area contributed by atoms with Crippen LogP contribution in [0.25, 0.3) is 0 Å². The Morgan fingerprint density at radius 3 is 2.48 bits per heavy atom. The summed E-state index contributed by atoms with van der Waals surface area (Å²) >= 11 is 0. The molecule has 150 valence electrons. The van der Waals surface area contributed by atoms with Gasteiger partial charge in [0.1, 0.15) is 5.60 Å². The number of ether oxygens (including phenoxy) is 1. The SMILES string of the molecule is CN=C(NCC(C)(C)c1ccccc1)N1CCC(NC(=O)OC(C)(C)C)C1. The lowest BCUT2D eigenvalue weighted by Gasteiger charge is -2.29. The standard InChI is InChI=1S/C21H34N4O2/c1-20(2,3)27-19(26)24-17-12-13-25(14-17)18(22-6)23-15-21(4,5)16-10-8-7-9-11-16/h7-11,17H,12-15H2,1-6H3,(H,22,23)(H,24,26). The average Bonchev–Trinajstić information content (AvgIpc) is 3.02. The van der Waals surface area contributed by atoms with Gasteiger partial charge in [-0.25, -0.2) is 4.79 Å². The number of carbonyl (C=O) groups excluding carboxylic acids is 1. The van der Waals surface area contributed by atoms with Crippen molar-refractivity contribution in [1.29, 1.82) is 0 Å². The van der Waals surface area contributed by atoms with E-state index in [1.54, 1.807) is 7.05 Å². The molecule has 2 N–H and O–H groups in total. The molecule has 1 saturated heterocycles. The monoisotopic (exact) mass is 374 g/mol. The van der Waals surface area contributed by atoms with Crippen LogP contribution < -0.4 is 10.6 Å². The number of nitrogens with zero attached hydrogens (tertiary/aromatic N) is 2. The quantitative estimate of drug-likeness (QED) is 0.628. The zero-order chi connectivity index (χ0) is 20.1. The molecule has 0 bridgehead atoms. The van der Waals surface area contributed by atoms with Crippen LogP contribution in [-0.2, 0) is 10.2 Å². The lowest BCUT2D eigenvalue weighted by atomic mass is 9.85. The highest BCUT2D eigenvalue weighted by Gasteiger charge is 2.29. The third kappa shape index (κ3) is 6.45. The summed E-state index contributed by atoms with van der Waals surface area (Å²) in [6.07, 6.45) is 0.518. The van der Waals surface area contributed by atoms with E-state index in [1.807, 2.05) is 26.8 Å². The first-order valence-corrected chi connectivity index (χ1v) is 9.61. The molecule has 6 nitrogen and oxygen atoms in total. The minimum Gasteiger partial charge on any atom is -0.444 e. The fraction of sp³-hybridized carbons (Fsp3) is 0.619. The maximum atomic E-state index is 12.0. The van der Waals surface area contributed by atoms with E-state index < -0.39 is 5.60 Å². The molecular formula is C21H34N4O2. The van der Waals surface area contributed by atoms with Crippen molar-refractivity contribution in [2.75, 3.05) is 26.7 Å². The lowest BCUT2D eigenvalue weighted by Crippen LogP contribution is -2.46.